The van der Waals surface area contributed by atoms with Crippen LogP contribution in [0.4, 0.5) is 0 Å². The summed E-state index contributed by atoms with van der Waals surface area (Å²) in [4.78, 5) is 0. The summed E-state index contributed by atoms with van der Waals surface area (Å²) in [5, 5.41) is 3.55. The summed E-state index contributed by atoms with van der Waals surface area (Å²) >= 11 is 0. The Morgan fingerprint density at radius 3 is 2.30 bits per heavy atom. The number of furan rings is 1. The first-order chi connectivity index (χ1) is 9.65. The minimum Gasteiger partial charge on any atom is -0.464 e. The Bertz CT molecular complexity index is 536. The maximum absolute atomic E-state index is 5.94. The minimum atomic E-state index is 0.250. The van der Waals surface area contributed by atoms with Gasteiger partial charge >= 0.3 is 0 Å². The highest BCUT2D eigenvalue weighted by atomic mass is 16.3. The summed E-state index contributed by atoms with van der Waals surface area (Å²) < 4.78 is 5.94. The van der Waals surface area contributed by atoms with Crippen molar-refractivity contribution in [2.45, 2.75) is 46.6 Å². The molecule has 0 amide bonds. The van der Waals surface area contributed by atoms with Crippen molar-refractivity contribution in [1.82, 2.24) is 5.32 Å². The van der Waals surface area contributed by atoms with Gasteiger partial charge in [0.05, 0.1) is 6.04 Å². The molecule has 1 atom stereocenters. The van der Waals surface area contributed by atoms with Gasteiger partial charge in [-0.15, -0.1) is 0 Å². The molecule has 0 saturated heterocycles. The van der Waals surface area contributed by atoms with Gasteiger partial charge in [-0.25, -0.2) is 0 Å². The van der Waals surface area contributed by atoms with Crippen molar-refractivity contribution < 1.29 is 4.42 Å². The molecule has 1 heterocycles. The summed E-state index contributed by atoms with van der Waals surface area (Å²) in [5.41, 5.74) is 4.14. The van der Waals surface area contributed by atoms with Crippen LogP contribution < -0.4 is 5.32 Å². The monoisotopic (exact) mass is 271 g/mol. The number of rotatable bonds is 6. The summed E-state index contributed by atoms with van der Waals surface area (Å²) in [6.07, 6.45) is 1.92. The van der Waals surface area contributed by atoms with Crippen molar-refractivity contribution in [2.24, 2.45) is 0 Å². The van der Waals surface area contributed by atoms with E-state index >= 15 is 0 Å². The van der Waals surface area contributed by atoms with Crippen LogP contribution in [0.25, 0.3) is 0 Å². The zero-order chi connectivity index (χ0) is 14.5. The van der Waals surface area contributed by atoms with Crippen LogP contribution in [-0.2, 0) is 12.8 Å². The molecule has 108 valence electrons. The van der Waals surface area contributed by atoms with Gasteiger partial charge in [0.15, 0.2) is 0 Å². The quantitative estimate of drug-likeness (QED) is 0.845. The standard InChI is InChI=1S/C18H25NO/c1-5-15-10-11-18(20-15)17(19-6-2)12-16-13(3)8-7-9-14(16)4/h7-11,17,19H,5-6,12H2,1-4H3. The number of aryl methyl sites for hydroxylation is 3. The van der Waals surface area contributed by atoms with Gasteiger partial charge in [-0.1, -0.05) is 32.0 Å². The molecule has 0 spiro atoms. The lowest BCUT2D eigenvalue weighted by Gasteiger charge is -2.18. The topological polar surface area (TPSA) is 25.2 Å². The van der Waals surface area contributed by atoms with Gasteiger partial charge in [0, 0.05) is 6.42 Å². The number of hydrogen-bond donors (Lipinski definition) is 1. The highest BCUT2D eigenvalue weighted by Gasteiger charge is 2.17. The smallest absolute Gasteiger partial charge is 0.121 e. The maximum atomic E-state index is 5.94. The molecule has 1 N–H and O–H groups in total. The molecule has 2 nitrogen and oxygen atoms in total. The SMILES string of the molecule is CCNC(Cc1c(C)cccc1C)c1ccc(CC)o1. The van der Waals surface area contributed by atoms with Gasteiger partial charge in [0.2, 0.25) is 0 Å². The normalized spacial score (nSPS) is 12.6. The third-order valence-corrected chi connectivity index (χ3v) is 3.88. The van der Waals surface area contributed by atoms with Crippen LogP contribution in [0, 0.1) is 13.8 Å². The zero-order valence-electron chi connectivity index (χ0n) is 13.0. The average Bonchev–Trinajstić information content (AvgIpc) is 2.90. The molecule has 0 aliphatic carbocycles. The van der Waals surface area contributed by atoms with E-state index in [1.165, 1.54) is 16.7 Å². The maximum Gasteiger partial charge on any atom is 0.121 e. The van der Waals surface area contributed by atoms with Gasteiger partial charge in [-0.3, -0.25) is 0 Å². The van der Waals surface area contributed by atoms with Crippen molar-refractivity contribution in [3.8, 4) is 0 Å². The van der Waals surface area contributed by atoms with E-state index in [0.29, 0.717) is 0 Å². The van der Waals surface area contributed by atoms with Gasteiger partial charge in [0.25, 0.3) is 0 Å². The Balaban J connectivity index is 2.25. The van der Waals surface area contributed by atoms with E-state index < -0.39 is 0 Å². The Morgan fingerprint density at radius 2 is 1.75 bits per heavy atom. The lowest BCUT2D eigenvalue weighted by molar-refractivity contribution is 0.396. The highest BCUT2D eigenvalue weighted by Crippen LogP contribution is 2.24. The Hall–Kier alpha value is -1.54. The molecule has 0 aliphatic heterocycles. The van der Waals surface area contributed by atoms with E-state index in [1.54, 1.807) is 0 Å². The molecule has 0 radical (unpaired) electrons. The van der Waals surface area contributed by atoms with Crippen molar-refractivity contribution in [3.63, 3.8) is 0 Å². The third-order valence-electron chi connectivity index (χ3n) is 3.88. The Labute approximate surface area is 122 Å². The Morgan fingerprint density at radius 1 is 1.05 bits per heavy atom. The number of nitrogens with one attached hydrogen (secondary N) is 1. The van der Waals surface area contributed by atoms with Gasteiger partial charge in [-0.05, 0) is 55.6 Å². The van der Waals surface area contributed by atoms with E-state index in [-0.39, 0.29) is 6.04 Å². The van der Waals surface area contributed by atoms with Gasteiger partial charge in [-0.2, -0.15) is 0 Å². The van der Waals surface area contributed by atoms with Crippen LogP contribution in [0.1, 0.15) is 48.1 Å². The lowest BCUT2D eigenvalue weighted by Crippen LogP contribution is -2.23. The summed E-state index contributed by atoms with van der Waals surface area (Å²) in [6.45, 7) is 9.57. The molecule has 20 heavy (non-hydrogen) atoms. The molecule has 2 aromatic rings. The van der Waals surface area contributed by atoms with Gasteiger partial charge in [0.1, 0.15) is 11.5 Å². The molecule has 0 saturated carbocycles. The number of hydrogen-bond acceptors (Lipinski definition) is 2. The molecule has 1 unspecified atom stereocenters. The lowest BCUT2D eigenvalue weighted by atomic mass is 9.95. The van der Waals surface area contributed by atoms with E-state index in [2.05, 4.69) is 63.3 Å². The molecular weight excluding hydrogens is 246 g/mol. The molecule has 2 rings (SSSR count). The van der Waals surface area contributed by atoms with E-state index in [0.717, 1.165) is 30.9 Å². The van der Waals surface area contributed by atoms with Crippen molar-refractivity contribution in [3.05, 3.63) is 58.5 Å². The summed E-state index contributed by atoms with van der Waals surface area (Å²) in [6, 6.07) is 10.9. The van der Waals surface area contributed by atoms with Crippen LogP contribution in [0.5, 0.6) is 0 Å². The molecule has 1 aromatic carbocycles. The van der Waals surface area contributed by atoms with Gasteiger partial charge < -0.3 is 9.73 Å². The second kappa shape index (κ2) is 6.76. The molecular formula is C18H25NO. The Kier molecular flexibility index (Phi) is 5.02. The molecule has 1 aromatic heterocycles. The molecule has 0 bridgehead atoms. The first-order valence-corrected chi connectivity index (χ1v) is 7.52. The van der Waals surface area contributed by atoms with E-state index in [4.69, 9.17) is 4.42 Å². The number of likely N-dealkylation sites (N-methyl/N-ethyl adjacent to an activating group) is 1. The average molecular weight is 271 g/mol. The van der Waals surface area contributed by atoms with Crippen LogP contribution in [0.15, 0.2) is 34.7 Å². The predicted molar refractivity (Wildman–Crippen MR) is 84.1 cm³/mol. The second-order valence-electron chi connectivity index (χ2n) is 5.34. The van der Waals surface area contributed by atoms with Crippen LogP contribution in [0.2, 0.25) is 0 Å². The predicted octanol–water partition coefficient (Wildman–Crippen LogP) is 4.35. The van der Waals surface area contributed by atoms with Crippen LogP contribution in [0.3, 0.4) is 0 Å². The summed E-state index contributed by atoms with van der Waals surface area (Å²) in [7, 11) is 0. The fourth-order valence-corrected chi connectivity index (χ4v) is 2.67. The highest BCUT2D eigenvalue weighted by molar-refractivity contribution is 5.34. The second-order valence-corrected chi connectivity index (χ2v) is 5.34. The van der Waals surface area contributed by atoms with Crippen LogP contribution >= 0.6 is 0 Å². The largest absolute Gasteiger partial charge is 0.464 e. The van der Waals surface area contributed by atoms with Crippen molar-refractivity contribution >= 4 is 0 Å². The fraction of sp³-hybridized carbons (Fsp3) is 0.444. The van der Waals surface area contributed by atoms with E-state index in [1.807, 2.05) is 0 Å². The fourth-order valence-electron chi connectivity index (χ4n) is 2.67. The summed E-state index contributed by atoms with van der Waals surface area (Å²) in [5.74, 6) is 2.11. The number of benzene rings is 1. The molecule has 0 fully saturated rings. The van der Waals surface area contributed by atoms with Crippen molar-refractivity contribution in [1.29, 1.82) is 0 Å². The minimum absolute atomic E-state index is 0.250. The van der Waals surface area contributed by atoms with E-state index in [9.17, 15) is 0 Å². The first kappa shape index (κ1) is 14.9. The van der Waals surface area contributed by atoms with Crippen LogP contribution in [-0.4, -0.2) is 6.54 Å². The first-order valence-electron chi connectivity index (χ1n) is 7.52. The molecule has 0 aliphatic rings. The van der Waals surface area contributed by atoms with Crippen molar-refractivity contribution in [2.75, 3.05) is 6.54 Å². The third kappa shape index (κ3) is 3.31. The zero-order valence-corrected chi connectivity index (χ0v) is 13.0. The molecule has 2 heteroatoms.